The number of Topliss-reactive ketones (excluding diaryl/α,β-unsaturated/α-hetero) is 1. The lowest BCUT2D eigenvalue weighted by Gasteiger charge is -2.50. The number of nitrogens with zero attached hydrogens (tertiary/aromatic N) is 4. The lowest BCUT2D eigenvalue weighted by atomic mass is 9.59. The molecule has 1 amide bonds. The molecule has 7 nitrogen and oxygen atoms in total. The second-order valence-corrected chi connectivity index (χ2v) is 11.6. The Labute approximate surface area is 217 Å². The fourth-order valence-electron chi connectivity index (χ4n) is 4.85. The maximum atomic E-state index is 13.1. The van der Waals surface area contributed by atoms with Crippen molar-refractivity contribution >= 4 is 45.0 Å². The van der Waals surface area contributed by atoms with Crippen LogP contribution in [0.4, 0.5) is 4.39 Å². The zero-order chi connectivity index (χ0) is 25.2. The summed E-state index contributed by atoms with van der Waals surface area (Å²) in [5.41, 5.74) is 1.64. The van der Waals surface area contributed by atoms with E-state index in [2.05, 4.69) is 43.2 Å². The molecule has 1 N–H and O–H groups in total. The zero-order valence-corrected chi connectivity index (χ0v) is 22.1. The highest BCUT2D eigenvalue weighted by Gasteiger charge is 2.45. The third-order valence-electron chi connectivity index (χ3n) is 7.34. The van der Waals surface area contributed by atoms with Gasteiger partial charge in [0.05, 0.1) is 5.02 Å². The fourth-order valence-corrected chi connectivity index (χ4v) is 5.65. The molecule has 186 valence electrons. The highest BCUT2D eigenvalue weighted by atomic mass is 79.9. The maximum Gasteiger partial charge on any atom is 0.270 e. The van der Waals surface area contributed by atoms with E-state index >= 15 is 0 Å². The smallest absolute Gasteiger partial charge is 0.270 e. The van der Waals surface area contributed by atoms with E-state index < -0.39 is 11.7 Å². The number of hydrogen-bond acceptors (Lipinski definition) is 5. The minimum Gasteiger partial charge on any atom is -0.347 e. The van der Waals surface area contributed by atoms with Gasteiger partial charge < -0.3 is 5.32 Å². The van der Waals surface area contributed by atoms with Gasteiger partial charge in [0.25, 0.3) is 11.7 Å². The van der Waals surface area contributed by atoms with Crippen LogP contribution in [0.25, 0.3) is 5.78 Å². The predicted molar refractivity (Wildman–Crippen MR) is 135 cm³/mol. The first-order valence-corrected chi connectivity index (χ1v) is 12.9. The molecule has 35 heavy (non-hydrogen) atoms. The quantitative estimate of drug-likeness (QED) is 0.306. The number of benzene rings is 1. The Balaban J connectivity index is 0.000000218. The Morgan fingerprint density at radius 2 is 1.86 bits per heavy atom. The molecule has 0 atom stereocenters. The molecule has 0 spiro atoms. The van der Waals surface area contributed by atoms with Crippen molar-refractivity contribution in [2.24, 2.45) is 5.41 Å². The van der Waals surface area contributed by atoms with Crippen LogP contribution in [0.3, 0.4) is 0 Å². The van der Waals surface area contributed by atoms with Gasteiger partial charge >= 0.3 is 0 Å². The summed E-state index contributed by atoms with van der Waals surface area (Å²) in [7, 11) is 0. The summed E-state index contributed by atoms with van der Waals surface area (Å²) >= 11 is 9.59. The van der Waals surface area contributed by atoms with Crippen LogP contribution in [0.5, 0.6) is 0 Å². The number of ketones is 1. The molecule has 3 aromatic rings. The average molecular weight is 565 g/mol. The molecule has 2 heterocycles. The second-order valence-electron chi connectivity index (χ2n) is 9.49. The number of carbonyl (C=O) groups excluding carboxylic acids is 2. The first kappa shape index (κ1) is 25.7. The Hall–Kier alpha value is -2.39. The van der Waals surface area contributed by atoms with Crippen molar-refractivity contribution in [1.29, 1.82) is 0 Å². The van der Waals surface area contributed by atoms with Gasteiger partial charge in [-0.25, -0.2) is 9.37 Å². The molecular formula is C25H28BrClFN5O2. The number of hydrogen-bond donors (Lipinski definition) is 1. The SMILES string of the molecule is CC(=O)c1cc(C(=O)NCc2ccc(F)c(Cl)c2)nc2ncnn12.CCC12CCC(Br)(CC1)CC2. The number of carbonyl (C=O) groups is 2. The van der Waals surface area contributed by atoms with E-state index in [-0.39, 0.29) is 34.5 Å². The van der Waals surface area contributed by atoms with Gasteiger partial charge in [0.1, 0.15) is 23.5 Å². The van der Waals surface area contributed by atoms with Gasteiger partial charge in [-0.05, 0) is 67.7 Å². The molecule has 3 aliphatic rings. The van der Waals surface area contributed by atoms with E-state index in [1.807, 2.05) is 0 Å². The Kier molecular flexibility index (Phi) is 7.57. The van der Waals surface area contributed by atoms with E-state index in [4.69, 9.17) is 11.6 Å². The van der Waals surface area contributed by atoms with Crippen LogP contribution in [-0.2, 0) is 6.54 Å². The van der Waals surface area contributed by atoms with Crippen LogP contribution in [0, 0.1) is 11.2 Å². The monoisotopic (exact) mass is 563 g/mol. The Bertz CT molecular complexity index is 1240. The molecular weight excluding hydrogens is 537 g/mol. The topological polar surface area (TPSA) is 89.2 Å². The number of nitrogens with one attached hydrogen (secondary N) is 1. The fraction of sp³-hybridized carbons (Fsp3) is 0.480. The van der Waals surface area contributed by atoms with Gasteiger partial charge in [-0.1, -0.05) is 46.9 Å². The zero-order valence-electron chi connectivity index (χ0n) is 19.8. The summed E-state index contributed by atoms with van der Waals surface area (Å²) in [5.74, 6) is -1.15. The van der Waals surface area contributed by atoms with E-state index in [0.29, 0.717) is 9.89 Å². The van der Waals surface area contributed by atoms with Gasteiger partial charge in [-0.2, -0.15) is 14.6 Å². The van der Waals surface area contributed by atoms with Crippen molar-refractivity contribution in [2.75, 3.05) is 0 Å². The summed E-state index contributed by atoms with van der Waals surface area (Å²) in [4.78, 5) is 31.9. The van der Waals surface area contributed by atoms with Crippen molar-refractivity contribution in [3.63, 3.8) is 0 Å². The number of fused-ring (bicyclic) bond motifs is 4. The molecule has 1 aromatic carbocycles. The third-order valence-corrected chi connectivity index (χ3v) is 8.82. The summed E-state index contributed by atoms with van der Waals surface area (Å²) in [6, 6.07) is 5.50. The van der Waals surface area contributed by atoms with Gasteiger partial charge in [0.15, 0.2) is 5.78 Å². The van der Waals surface area contributed by atoms with Crippen LogP contribution >= 0.6 is 27.5 Å². The molecule has 2 aromatic heterocycles. The first-order chi connectivity index (χ1) is 16.6. The van der Waals surface area contributed by atoms with Gasteiger partial charge in [0.2, 0.25) is 0 Å². The lowest BCUT2D eigenvalue weighted by molar-refractivity contribution is 0.0816. The Morgan fingerprint density at radius 3 is 2.46 bits per heavy atom. The van der Waals surface area contributed by atoms with Gasteiger partial charge in [-0.15, -0.1) is 0 Å². The van der Waals surface area contributed by atoms with E-state index in [0.717, 1.165) is 5.41 Å². The van der Waals surface area contributed by atoms with Crippen LogP contribution < -0.4 is 5.32 Å². The molecule has 3 fully saturated rings. The number of alkyl halides is 1. The molecule has 0 unspecified atom stereocenters. The van der Waals surface area contributed by atoms with E-state index in [1.165, 1.54) is 87.0 Å². The van der Waals surface area contributed by atoms with Crippen LogP contribution in [-0.4, -0.2) is 35.6 Å². The Morgan fingerprint density at radius 1 is 1.17 bits per heavy atom. The van der Waals surface area contributed by atoms with Crippen molar-refractivity contribution in [1.82, 2.24) is 24.9 Å². The average Bonchev–Trinajstić information content (AvgIpc) is 3.34. The highest BCUT2D eigenvalue weighted by Crippen LogP contribution is 2.57. The predicted octanol–water partition coefficient (Wildman–Crippen LogP) is 5.93. The molecule has 6 rings (SSSR count). The molecule has 0 saturated heterocycles. The first-order valence-electron chi connectivity index (χ1n) is 11.8. The number of halogens is 3. The number of amides is 1. The third kappa shape index (κ3) is 5.72. The molecule has 2 bridgehead atoms. The largest absolute Gasteiger partial charge is 0.347 e. The van der Waals surface area contributed by atoms with Crippen LogP contribution in [0.15, 0.2) is 30.6 Å². The number of rotatable bonds is 5. The van der Waals surface area contributed by atoms with Crippen molar-refractivity contribution in [2.45, 2.75) is 69.7 Å². The normalized spacial score (nSPS) is 23.0. The van der Waals surface area contributed by atoms with Gasteiger partial charge in [-0.3, -0.25) is 9.59 Å². The second kappa shape index (κ2) is 10.3. The number of aromatic nitrogens is 4. The van der Waals surface area contributed by atoms with E-state index in [9.17, 15) is 14.0 Å². The molecule has 0 radical (unpaired) electrons. The summed E-state index contributed by atoms with van der Waals surface area (Å²) in [6.07, 6.45) is 11.4. The maximum absolute atomic E-state index is 13.1. The molecule has 0 aliphatic heterocycles. The van der Waals surface area contributed by atoms with E-state index in [1.54, 1.807) is 0 Å². The standard InChI is InChI=1S/C15H11ClFN5O2.C10H17Br/c1-8(23)13-5-12(21-15-19-7-20-22(13)15)14(24)18-6-9-2-3-11(17)10(16)4-9;1-2-9-3-6-10(11,7-4-9)8-5-9/h2-5,7H,6H2,1H3,(H,18,24);2-8H2,1H3. The molecule has 3 saturated carbocycles. The van der Waals surface area contributed by atoms with Crippen molar-refractivity contribution in [3.8, 4) is 0 Å². The summed E-state index contributed by atoms with van der Waals surface area (Å²) in [6.45, 7) is 3.86. The summed E-state index contributed by atoms with van der Waals surface area (Å²) in [5, 5.41) is 6.50. The minimum absolute atomic E-state index is 0.0244. The molecule has 10 heteroatoms. The lowest BCUT2D eigenvalue weighted by Crippen LogP contribution is -2.41. The highest BCUT2D eigenvalue weighted by molar-refractivity contribution is 9.10. The molecule has 3 aliphatic carbocycles. The van der Waals surface area contributed by atoms with Gasteiger partial charge in [0, 0.05) is 17.8 Å². The van der Waals surface area contributed by atoms with Crippen LogP contribution in [0.2, 0.25) is 5.02 Å². The van der Waals surface area contributed by atoms with Crippen LogP contribution in [0.1, 0.15) is 85.3 Å². The summed E-state index contributed by atoms with van der Waals surface area (Å²) < 4.78 is 15.0. The van der Waals surface area contributed by atoms with Crippen molar-refractivity contribution in [3.05, 3.63) is 58.4 Å². The van der Waals surface area contributed by atoms with Crippen molar-refractivity contribution < 1.29 is 14.0 Å². The minimum atomic E-state index is -0.531.